The lowest BCUT2D eigenvalue weighted by molar-refractivity contribution is -0.933. The maximum atomic E-state index is 13.4. The first-order valence-corrected chi connectivity index (χ1v) is 22.6. The highest BCUT2D eigenvalue weighted by Crippen LogP contribution is 2.25. The van der Waals surface area contributed by atoms with Gasteiger partial charge in [0.15, 0.2) is 34.0 Å². The molecule has 342 valence electrons. The number of Topliss-reactive ketones (excluding diaryl/α,β-unsaturated/α-hetero) is 2. The van der Waals surface area contributed by atoms with Gasteiger partial charge in [-0.2, -0.15) is 0 Å². The monoisotopic (exact) mass is 908 g/mol. The molecule has 17 heteroatoms. The van der Waals surface area contributed by atoms with Crippen molar-refractivity contribution in [3.8, 4) is 11.5 Å². The number of amides is 3. The second kappa shape index (κ2) is 24.2. The van der Waals surface area contributed by atoms with E-state index in [0.717, 1.165) is 95.1 Å². The molecule has 1 aromatic heterocycles. The van der Waals surface area contributed by atoms with Crippen LogP contribution in [0.15, 0.2) is 48.5 Å². The number of nitrogens with zero attached hydrogens (tertiary/aromatic N) is 5. The van der Waals surface area contributed by atoms with Crippen molar-refractivity contribution in [2.24, 2.45) is 0 Å². The van der Waals surface area contributed by atoms with Gasteiger partial charge in [0, 0.05) is 64.7 Å². The fourth-order valence-electron chi connectivity index (χ4n) is 8.85. The van der Waals surface area contributed by atoms with Gasteiger partial charge in [-0.1, -0.05) is 35.9 Å². The van der Waals surface area contributed by atoms with Crippen molar-refractivity contribution in [1.29, 1.82) is 0 Å². The molecule has 6 rings (SSSR count). The number of carbonyl (C=O) groups excluding carboxylic acids is 5. The summed E-state index contributed by atoms with van der Waals surface area (Å²) in [5, 5.41) is 3.09. The van der Waals surface area contributed by atoms with E-state index in [1.54, 1.807) is 0 Å². The summed E-state index contributed by atoms with van der Waals surface area (Å²) < 4.78 is 12.4. The van der Waals surface area contributed by atoms with Crippen molar-refractivity contribution in [2.45, 2.75) is 95.9 Å². The number of ketones is 2. The number of nitrogen functional groups attached to an aromatic ring is 2. The van der Waals surface area contributed by atoms with E-state index in [-0.39, 0.29) is 77.5 Å². The summed E-state index contributed by atoms with van der Waals surface area (Å²) in [5.74, 6) is 1.19. The molecule has 3 amide bonds. The summed E-state index contributed by atoms with van der Waals surface area (Å²) in [6.45, 7) is 6.44. The van der Waals surface area contributed by atoms with Crippen molar-refractivity contribution in [3.05, 3.63) is 70.5 Å². The third-order valence-corrected chi connectivity index (χ3v) is 12.5. The Morgan fingerprint density at radius 1 is 0.730 bits per heavy atom. The van der Waals surface area contributed by atoms with Crippen LogP contribution in [0.25, 0.3) is 0 Å². The Balaban J connectivity index is 0.00000748. The topological polar surface area (TPSA) is 200 Å². The number of rotatable bonds is 24. The Labute approximate surface area is 381 Å². The summed E-state index contributed by atoms with van der Waals surface area (Å²) >= 11 is 6.09. The highest BCUT2D eigenvalue weighted by atomic mass is 35.5. The lowest BCUT2D eigenvalue weighted by Crippen LogP contribution is -3.00. The van der Waals surface area contributed by atoms with Gasteiger partial charge < -0.3 is 52.9 Å². The van der Waals surface area contributed by atoms with Gasteiger partial charge in [0.05, 0.1) is 32.2 Å². The number of hydrogen-bond acceptors (Lipinski definition) is 11. The first-order valence-electron chi connectivity index (χ1n) is 22.2. The van der Waals surface area contributed by atoms with Crippen LogP contribution >= 0.6 is 11.6 Å². The number of piperidine rings is 1. The molecule has 4 heterocycles. The smallest absolute Gasteiger partial charge is 0.274 e. The Bertz CT molecular complexity index is 1920. The number of halogens is 2. The third-order valence-electron chi connectivity index (χ3n) is 12.2. The van der Waals surface area contributed by atoms with Crippen LogP contribution in [0.5, 0.6) is 11.5 Å². The van der Waals surface area contributed by atoms with Crippen molar-refractivity contribution in [3.63, 3.8) is 0 Å². The molecule has 0 saturated carbocycles. The summed E-state index contributed by atoms with van der Waals surface area (Å²) in [6, 6.07) is 15.7. The molecular formula is C46H62Cl2N8O7. The molecule has 63 heavy (non-hydrogen) atoms. The van der Waals surface area contributed by atoms with Gasteiger partial charge in [0.25, 0.3) is 5.91 Å². The number of anilines is 2. The summed E-state index contributed by atoms with van der Waals surface area (Å²) in [7, 11) is 0. The van der Waals surface area contributed by atoms with Gasteiger partial charge in [-0.25, -0.2) is 9.97 Å². The lowest BCUT2D eigenvalue weighted by Gasteiger charge is -2.45. The zero-order chi connectivity index (χ0) is 43.9. The predicted octanol–water partition coefficient (Wildman–Crippen LogP) is 1.97. The van der Waals surface area contributed by atoms with Crippen molar-refractivity contribution >= 4 is 52.5 Å². The molecule has 3 aliphatic rings. The number of hydrogen-bond donors (Lipinski definition) is 3. The van der Waals surface area contributed by atoms with Crippen LogP contribution in [-0.2, 0) is 32.0 Å². The molecule has 0 spiro atoms. The number of likely N-dealkylation sites (tertiary alicyclic amines) is 3. The maximum absolute atomic E-state index is 13.4. The van der Waals surface area contributed by atoms with Crippen LogP contribution < -0.4 is 38.7 Å². The molecule has 1 atom stereocenters. The Morgan fingerprint density at radius 2 is 1.24 bits per heavy atom. The molecule has 3 fully saturated rings. The standard InChI is InChI=1S/C46H61ClN8O7.ClH/c47-43-45(49)52-44(48)42(51-43)46(60)50-35-10-7-29-55(30-35,27-5-8-33-15-19-38(20-16-33)61-31-36(56)11-1-23-53-25-3-13-40(53)58)28-6-9-34-17-21-39(22-18-34)62-32-37(57)12-2-24-54-26-4-14-41(54)59;/h15-22,35H,1-14,23-32H2,(H4-,48,49,50,52,60);1H/t35-;/m0./s1. The molecule has 0 bridgehead atoms. The second-order valence-corrected chi connectivity index (χ2v) is 17.3. The van der Waals surface area contributed by atoms with E-state index >= 15 is 0 Å². The number of ether oxygens (including phenoxy) is 2. The number of nitrogens with two attached hydrogens (primary N) is 2. The first kappa shape index (κ1) is 49.0. The minimum Gasteiger partial charge on any atom is -1.00 e. The molecule has 15 nitrogen and oxygen atoms in total. The molecule has 0 aliphatic carbocycles. The zero-order valence-corrected chi connectivity index (χ0v) is 37.7. The molecule has 3 aliphatic heterocycles. The molecule has 0 unspecified atom stereocenters. The molecule has 5 N–H and O–H groups in total. The number of carbonyl (C=O) groups is 5. The minimum absolute atomic E-state index is 0. The molecule has 0 radical (unpaired) electrons. The van der Waals surface area contributed by atoms with Gasteiger partial charge in [0.1, 0.15) is 24.7 Å². The van der Waals surface area contributed by atoms with Gasteiger partial charge in [0.2, 0.25) is 11.8 Å². The van der Waals surface area contributed by atoms with E-state index < -0.39 is 5.91 Å². The van der Waals surface area contributed by atoms with Gasteiger partial charge >= 0.3 is 0 Å². The Hall–Kier alpha value is -4.99. The predicted molar refractivity (Wildman–Crippen MR) is 237 cm³/mol. The average Bonchev–Trinajstić information content (AvgIpc) is 3.87. The highest BCUT2D eigenvalue weighted by Gasteiger charge is 2.36. The first-order chi connectivity index (χ1) is 29.9. The Kier molecular flexibility index (Phi) is 18.8. The van der Waals surface area contributed by atoms with Crippen LogP contribution in [-0.4, -0.2) is 125 Å². The van der Waals surface area contributed by atoms with E-state index in [1.165, 1.54) is 11.1 Å². The van der Waals surface area contributed by atoms with E-state index in [0.29, 0.717) is 63.1 Å². The van der Waals surface area contributed by atoms with E-state index in [1.807, 2.05) is 58.3 Å². The quantitative estimate of drug-likeness (QED) is 0.111. The average molecular weight is 910 g/mol. The van der Waals surface area contributed by atoms with Crippen LogP contribution in [0.4, 0.5) is 11.6 Å². The number of nitrogens with one attached hydrogen (secondary N) is 1. The lowest BCUT2D eigenvalue weighted by atomic mass is 9.99. The fraction of sp³-hybridized carbons (Fsp3) is 0.543. The SMILES string of the molecule is Nc1nc(N)c(C(=O)N[C@H]2CCC[N+](CCCc3ccc(OCC(=O)CCCN4CCCC4=O)cc3)(CCCc3ccc(OCC(=O)CCCN4CCCC4=O)cc3)C2)nc1Cl.[Cl-]. The Morgan fingerprint density at radius 3 is 1.71 bits per heavy atom. The number of benzene rings is 2. The van der Waals surface area contributed by atoms with Crippen LogP contribution in [0.1, 0.15) is 98.7 Å². The normalized spacial score (nSPS) is 17.1. The summed E-state index contributed by atoms with van der Waals surface area (Å²) in [4.78, 5) is 73.6. The number of aryl methyl sites for hydroxylation is 2. The second-order valence-electron chi connectivity index (χ2n) is 17.0. The van der Waals surface area contributed by atoms with Crippen molar-refractivity contribution in [2.75, 3.05) is 77.0 Å². The fourth-order valence-corrected chi connectivity index (χ4v) is 8.98. The van der Waals surface area contributed by atoms with Crippen LogP contribution in [0.2, 0.25) is 5.15 Å². The summed E-state index contributed by atoms with van der Waals surface area (Å²) in [6.07, 6.45) is 10.5. The van der Waals surface area contributed by atoms with E-state index in [2.05, 4.69) is 15.3 Å². The summed E-state index contributed by atoms with van der Waals surface area (Å²) in [5.41, 5.74) is 14.1. The maximum Gasteiger partial charge on any atom is 0.274 e. The van der Waals surface area contributed by atoms with Crippen LogP contribution in [0, 0.1) is 0 Å². The van der Waals surface area contributed by atoms with Crippen molar-refractivity contribution in [1.82, 2.24) is 25.1 Å². The molecule has 3 saturated heterocycles. The van der Waals surface area contributed by atoms with Crippen molar-refractivity contribution < 1.29 is 50.3 Å². The van der Waals surface area contributed by atoms with E-state index in [4.69, 9.17) is 32.5 Å². The number of quaternary nitrogens is 1. The largest absolute Gasteiger partial charge is 1.00 e. The number of aromatic nitrogens is 2. The molecule has 2 aromatic carbocycles. The minimum atomic E-state index is -0.424. The molecule has 3 aromatic rings. The van der Waals surface area contributed by atoms with Gasteiger partial charge in [-0.3, -0.25) is 24.0 Å². The molecular weight excluding hydrogens is 847 g/mol. The van der Waals surface area contributed by atoms with E-state index in [9.17, 15) is 24.0 Å². The highest BCUT2D eigenvalue weighted by molar-refractivity contribution is 6.31. The zero-order valence-electron chi connectivity index (χ0n) is 36.2. The van der Waals surface area contributed by atoms with Gasteiger partial charge in [-0.05, 0) is 86.8 Å². The third kappa shape index (κ3) is 15.1. The van der Waals surface area contributed by atoms with Gasteiger partial charge in [-0.15, -0.1) is 0 Å². The van der Waals surface area contributed by atoms with Crippen LogP contribution in [0.3, 0.4) is 0 Å².